The SMILES string of the molecule is CC(C)(C)C(N)Cc1ccc2ccccc2c1. The highest BCUT2D eigenvalue weighted by molar-refractivity contribution is 5.82. The van der Waals surface area contributed by atoms with Crippen molar-refractivity contribution in [2.45, 2.75) is 33.2 Å². The lowest BCUT2D eigenvalue weighted by Crippen LogP contribution is -2.36. The maximum atomic E-state index is 6.23. The number of hydrogen-bond acceptors (Lipinski definition) is 1. The Labute approximate surface area is 104 Å². The topological polar surface area (TPSA) is 26.0 Å². The van der Waals surface area contributed by atoms with Gasteiger partial charge in [0.2, 0.25) is 0 Å². The zero-order valence-electron chi connectivity index (χ0n) is 10.9. The summed E-state index contributed by atoms with van der Waals surface area (Å²) < 4.78 is 0. The minimum absolute atomic E-state index is 0.158. The molecule has 17 heavy (non-hydrogen) atoms. The maximum Gasteiger partial charge on any atom is 0.0128 e. The van der Waals surface area contributed by atoms with Crippen LogP contribution in [0.1, 0.15) is 26.3 Å². The van der Waals surface area contributed by atoms with Gasteiger partial charge in [-0.3, -0.25) is 0 Å². The van der Waals surface area contributed by atoms with Crippen LogP contribution in [0.4, 0.5) is 0 Å². The van der Waals surface area contributed by atoms with Gasteiger partial charge in [0.25, 0.3) is 0 Å². The van der Waals surface area contributed by atoms with Crippen molar-refractivity contribution in [3.8, 4) is 0 Å². The van der Waals surface area contributed by atoms with Crippen molar-refractivity contribution in [2.75, 3.05) is 0 Å². The summed E-state index contributed by atoms with van der Waals surface area (Å²) in [4.78, 5) is 0. The Bertz CT molecular complexity index is 508. The molecule has 0 heterocycles. The van der Waals surface area contributed by atoms with Gasteiger partial charge in [0.1, 0.15) is 0 Å². The van der Waals surface area contributed by atoms with Crippen LogP contribution in [0, 0.1) is 5.41 Å². The zero-order valence-corrected chi connectivity index (χ0v) is 10.9. The molecule has 0 amide bonds. The molecule has 0 aromatic heterocycles. The maximum absolute atomic E-state index is 6.23. The Balaban J connectivity index is 2.25. The van der Waals surface area contributed by atoms with Gasteiger partial charge in [-0.1, -0.05) is 63.2 Å². The van der Waals surface area contributed by atoms with Crippen molar-refractivity contribution in [1.82, 2.24) is 0 Å². The molecule has 0 fully saturated rings. The second-order valence-electron chi connectivity index (χ2n) is 5.86. The standard InChI is InChI=1S/C16H21N/c1-16(2,3)15(17)11-12-8-9-13-6-4-5-7-14(13)10-12/h4-10,15H,11,17H2,1-3H3. The Hall–Kier alpha value is -1.34. The van der Waals surface area contributed by atoms with E-state index in [1.54, 1.807) is 0 Å². The van der Waals surface area contributed by atoms with Crippen LogP contribution < -0.4 is 5.73 Å². The average molecular weight is 227 g/mol. The van der Waals surface area contributed by atoms with Crippen LogP contribution in [0.3, 0.4) is 0 Å². The second-order valence-corrected chi connectivity index (χ2v) is 5.86. The number of nitrogens with two attached hydrogens (primary N) is 1. The van der Waals surface area contributed by atoms with E-state index in [4.69, 9.17) is 5.73 Å². The summed E-state index contributed by atoms with van der Waals surface area (Å²) >= 11 is 0. The number of fused-ring (bicyclic) bond motifs is 1. The van der Waals surface area contributed by atoms with Crippen LogP contribution in [0.2, 0.25) is 0 Å². The summed E-state index contributed by atoms with van der Waals surface area (Å²) in [6.45, 7) is 6.58. The first-order valence-corrected chi connectivity index (χ1v) is 6.20. The Morgan fingerprint density at radius 3 is 2.29 bits per heavy atom. The van der Waals surface area contributed by atoms with Crippen LogP contribution in [0.5, 0.6) is 0 Å². The highest BCUT2D eigenvalue weighted by atomic mass is 14.7. The van der Waals surface area contributed by atoms with Gasteiger partial charge >= 0.3 is 0 Å². The Morgan fingerprint density at radius 2 is 1.65 bits per heavy atom. The number of hydrogen-bond donors (Lipinski definition) is 1. The first-order valence-electron chi connectivity index (χ1n) is 6.20. The van der Waals surface area contributed by atoms with Gasteiger partial charge in [0.15, 0.2) is 0 Å². The van der Waals surface area contributed by atoms with Crippen LogP contribution in [-0.2, 0) is 6.42 Å². The minimum atomic E-state index is 0.158. The quantitative estimate of drug-likeness (QED) is 0.830. The largest absolute Gasteiger partial charge is 0.327 e. The minimum Gasteiger partial charge on any atom is -0.327 e. The molecule has 90 valence electrons. The third kappa shape index (κ3) is 2.86. The molecule has 1 atom stereocenters. The van der Waals surface area contributed by atoms with Crippen molar-refractivity contribution in [3.05, 3.63) is 48.0 Å². The van der Waals surface area contributed by atoms with Crippen molar-refractivity contribution in [1.29, 1.82) is 0 Å². The monoisotopic (exact) mass is 227 g/mol. The lowest BCUT2D eigenvalue weighted by Gasteiger charge is -2.27. The molecule has 0 aliphatic rings. The first kappa shape index (κ1) is 12.1. The molecule has 2 aromatic carbocycles. The van der Waals surface area contributed by atoms with E-state index in [-0.39, 0.29) is 11.5 Å². The average Bonchev–Trinajstić information content (AvgIpc) is 2.27. The molecule has 1 unspecified atom stereocenters. The summed E-state index contributed by atoms with van der Waals surface area (Å²) in [5.74, 6) is 0. The van der Waals surface area contributed by atoms with E-state index in [0.717, 1.165) is 6.42 Å². The molecule has 2 N–H and O–H groups in total. The predicted octanol–water partition coefficient (Wildman–Crippen LogP) is 3.76. The molecule has 0 saturated heterocycles. The molecule has 0 spiro atoms. The van der Waals surface area contributed by atoms with E-state index in [1.807, 2.05) is 0 Å². The van der Waals surface area contributed by atoms with E-state index in [0.29, 0.717) is 0 Å². The summed E-state index contributed by atoms with van der Waals surface area (Å²) in [5, 5.41) is 2.59. The van der Waals surface area contributed by atoms with Gasteiger partial charge in [-0.05, 0) is 28.2 Å². The molecule has 2 rings (SSSR count). The third-order valence-corrected chi connectivity index (χ3v) is 3.38. The highest BCUT2D eigenvalue weighted by Gasteiger charge is 2.20. The van der Waals surface area contributed by atoms with Gasteiger partial charge in [0.05, 0.1) is 0 Å². The molecule has 0 aliphatic heterocycles. The fourth-order valence-corrected chi connectivity index (χ4v) is 1.93. The van der Waals surface area contributed by atoms with Gasteiger partial charge < -0.3 is 5.73 Å². The second kappa shape index (κ2) is 4.50. The molecular formula is C16H21N. The van der Waals surface area contributed by atoms with Gasteiger partial charge in [0, 0.05) is 6.04 Å². The lowest BCUT2D eigenvalue weighted by molar-refractivity contribution is 0.318. The van der Waals surface area contributed by atoms with Gasteiger partial charge in [-0.15, -0.1) is 0 Å². The smallest absolute Gasteiger partial charge is 0.0128 e. The summed E-state index contributed by atoms with van der Waals surface area (Å²) in [5.41, 5.74) is 7.71. The summed E-state index contributed by atoms with van der Waals surface area (Å²) in [6.07, 6.45) is 0.939. The fourth-order valence-electron chi connectivity index (χ4n) is 1.93. The van der Waals surface area contributed by atoms with Crippen molar-refractivity contribution >= 4 is 10.8 Å². The van der Waals surface area contributed by atoms with Gasteiger partial charge in [-0.25, -0.2) is 0 Å². The first-order chi connectivity index (χ1) is 7.97. The van der Waals surface area contributed by atoms with E-state index in [9.17, 15) is 0 Å². The highest BCUT2D eigenvalue weighted by Crippen LogP contribution is 2.22. The molecule has 2 aromatic rings. The van der Waals surface area contributed by atoms with E-state index < -0.39 is 0 Å². The van der Waals surface area contributed by atoms with Crippen LogP contribution in [0.15, 0.2) is 42.5 Å². The number of rotatable bonds is 2. The summed E-state index contributed by atoms with van der Waals surface area (Å²) in [7, 11) is 0. The molecule has 0 aliphatic carbocycles. The van der Waals surface area contributed by atoms with Crippen molar-refractivity contribution in [2.24, 2.45) is 11.1 Å². The Morgan fingerprint density at radius 1 is 1.00 bits per heavy atom. The molecule has 0 radical (unpaired) electrons. The van der Waals surface area contributed by atoms with Crippen molar-refractivity contribution < 1.29 is 0 Å². The summed E-state index contributed by atoms with van der Waals surface area (Å²) in [6, 6.07) is 15.3. The molecule has 1 heteroatoms. The van der Waals surface area contributed by atoms with E-state index in [2.05, 4.69) is 63.2 Å². The lowest BCUT2D eigenvalue weighted by atomic mass is 9.83. The Kier molecular flexibility index (Phi) is 3.21. The van der Waals surface area contributed by atoms with Crippen LogP contribution >= 0.6 is 0 Å². The predicted molar refractivity (Wildman–Crippen MR) is 75.1 cm³/mol. The fraction of sp³-hybridized carbons (Fsp3) is 0.375. The normalized spacial score (nSPS) is 13.9. The van der Waals surface area contributed by atoms with Crippen LogP contribution in [-0.4, -0.2) is 6.04 Å². The molecule has 0 saturated carbocycles. The van der Waals surface area contributed by atoms with Crippen LogP contribution in [0.25, 0.3) is 10.8 Å². The van der Waals surface area contributed by atoms with Gasteiger partial charge in [-0.2, -0.15) is 0 Å². The van der Waals surface area contributed by atoms with Crippen molar-refractivity contribution in [3.63, 3.8) is 0 Å². The zero-order chi connectivity index (χ0) is 12.5. The molecular weight excluding hydrogens is 206 g/mol. The van der Waals surface area contributed by atoms with E-state index >= 15 is 0 Å². The van der Waals surface area contributed by atoms with E-state index in [1.165, 1.54) is 16.3 Å². The molecule has 1 nitrogen and oxygen atoms in total. The molecule has 0 bridgehead atoms. The number of benzene rings is 2. The third-order valence-electron chi connectivity index (χ3n) is 3.38.